The second-order valence-electron chi connectivity index (χ2n) is 7.92. The average Bonchev–Trinajstić information content (AvgIpc) is 2.77. The largest absolute Gasteiger partial charge is 0.504 e. The van der Waals surface area contributed by atoms with Crippen LogP contribution in [0.4, 0.5) is 0 Å². The molecule has 32 heavy (non-hydrogen) atoms. The van der Waals surface area contributed by atoms with Crippen LogP contribution in [0.3, 0.4) is 0 Å². The normalized spacial score (nSPS) is 40.2. The lowest BCUT2D eigenvalue weighted by molar-refractivity contribution is -0.318. The zero-order valence-electron chi connectivity index (χ0n) is 17.3. The standard InChI is InChI=1S/C20H30O12/c1-8-13(23)15(25)17(27)19(30-8)29-7-12-14(24)16(26)18(28)20(32-12)31-11-6-9(4-5-21)2-3-10(11)22/h2-3,6,8,12-28H,4-5,7H2,1H3. The Morgan fingerprint density at radius 3 is 2.19 bits per heavy atom. The van der Waals surface area contributed by atoms with E-state index in [0.29, 0.717) is 12.0 Å². The fraction of sp³-hybridized carbons (Fsp3) is 0.700. The van der Waals surface area contributed by atoms with Gasteiger partial charge in [0.2, 0.25) is 6.29 Å². The zero-order chi connectivity index (χ0) is 23.6. The number of benzene rings is 1. The van der Waals surface area contributed by atoms with Gasteiger partial charge in [-0.1, -0.05) is 6.07 Å². The molecule has 3 rings (SSSR count). The third-order valence-electron chi connectivity index (χ3n) is 5.57. The highest BCUT2D eigenvalue weighted by Crippen LogP contribution is 2.32. The minimum absolute atomic E-state index is 0.0692. The summed E-state index contributed by atoms with van der Waals surface area (Å²) >= 11 is 0. The molecule has 12 nitrogen and oxygen atoms in total. The van der Waals surface area contributed by atoms with E-state index in [4.69, 9.17) is 24.1 Å². The number of ether oxygens (including phenoxy) is 4. The Kier molecular flexibility index (Phi) is 8.27. The summed E-state index contributed by atoms with van der Waals surface area (Å²) in [5.74, 6) is -0.337. The van der Waals surface area contributed by atoms with E-state index in [0.717, 1.165) is 0 Å². The molecule has 1 aromatic carbocycles. The molecular formula is C20H30O12. The molecule has 0 radical (unpaired) electrons. The second kappa shape index (κ2) is 10.6. The van der Waals surface area contributed by atoms with Crippen molar-refractivity contribution in [2.24, 2.45) is 0 Å². The third-order valence-corrected chi connectivity index (χ3v) is 5.57. The maximum atomic E-state index is 10.3. The molecule has 0 aliphatic carbocycles. The van der Waals surface area contributed by atoms with Gasteiger partial charge in [-0.15, -0.1) is 0 Å². The fourth-order valence-corrected chi connectivity index (χ4v) is 3.56. The first-order valence-electron chi connectivity index (χ1n) is 10.2. The van der Waals surface area contributed by atoms with Gasteiger partial charge in [-0.25, -0.2) is 0 Å². The molecule has 2 saturated heterocycles. The minimum atomic E-state index is -1.69. The molecule has 1 aromatic rings. The van der Waals surface area contributed by atoms with Gasteiger partial charge in [0.05, 0.1) is 12.7 Å². The molecule has 10 atom stereocenters. The molecule has 10 unspecified atom stereocenters. The zero-order valence-corrected chi connectivity index (χ0v) is 17.3. The van der Waals surface area contributed by atoms with E-state index in [1.54, 1.807) is 6.07 Å². The van der Waals surface area contributed by atoms with Crippen molar-refractivity contribution in [1.29, 1.82) is 0 Å². The highest BCUT2D eigenvalue weighted by Gasteiger charge is 2.47. The van der Waals surface area contributed by atoms with Crippen LogP contribution in [-0.2, 0) is 20.6 Å². The lowest BCUT2D eigenvalue weighted by atomic mass is 9.98. The van der Waals surface area contributed by atoms with Crippen LogP contribution in [-0.4, -0.2) is 115 Å². The van der Waals surface area contributed by atoms with Crippen molar-refractivity contribution in [3.8, 4) is 11.5 Å². The Labute approximate surface area is 183 Å². The average molecular weight is 462 g/mol. The number of aliphatic hydroxyl groups is 7. The predicted molar refractivity (Wildman–Crippen MR) is 105 cm³/mol. The summed E-state index contributed by atoms with van der Waals surface area (Å²) in [5, 5.41) is 79.5. The number of hydrogen-bond acceptors (Lipinski definition) is 12. The van der Waals surface area contributed by atoms with Crippen LogP contribution in [0.25, 0.3) is 0 Å². The molecule has 2 heterocycles. The Bertz CT molecular complexity index is 747. The Hall–Kier alpha value is -1.58. The first-order valence-corrected chi connectivity index (χ1v) is 10.2. The fourth-order valence-electron chi connectivity index (χ4n) is 3.56. The van der Waals surface area contributed by atoms with Gasteiger partial charge >= 0.3 is 0 Å². The molecule has 2 aliphatic rings. The summed E-state index contributed by atoms with van der Waals surface area (Å²) in [6, 6.07) is 4.35. The first kappa shape index (κ1) is 25.1. The van der Waals surface area contributed by atoms with Gasteiger partial charge in [0.25, 0.3) is 0 Å². The highest BCUT2D eigenvalue weighted by atomic mass is 16.7. The monoisotopic (exact) mass is 462 g/mol. The van der Waals surface area contributed by atoms with E-state index in [1.807, 2.05) is 0 Å². The van der Waals surface area contributed by atoms with Crippen LogP contribution in [0.5, 0.6) is 11.5 Å². The van der Waals surface area contributed by atoms with Gasteiger partial charge in [-0.2, -0.15) is 0 Å². The van der Waals surface area contributed by atoms with Crippen molar-refractivity contribution >= 4 is 0 Å². The third kappa shape index (κ3) is 5.31. The highest BCUT2D eigenvalue weighted by molar-refractivity contribution is 5.42. The number of phenols is 1. The summed E-state index contributed by atoms with van der Waals surface area (Å²) < 4.78 is 21.7. The lowest BCUT2D eigenvalue weighted by Crippen LogP contribution is -2.61. The molecule has 12 heteroatoms. The Balaban J connectivity index is 1.67. The Morgan fingerprint density at radius 1 is 0.844 bits per heavy atom. The van der Waals surface area contributed by atoms with Crippen LogP contribution < -0.4 is 4.74 Å². The molecule has 8 N–H and O–H groups in total. The quantitative estimate of drug-likeness (QED) is 0.204. The van der Waals surface area contributed by atoms with Crippen molar-refractivity contribution < 1.29 is 59.8 Å². The number of rotatable bonds is 7. The first-order chi connectivity index (χ1) is 15.1. The van der Waals surface area contributed by atoms with Gasteiger partial charge in [0, 0.05) is 6.61 Å². The number of aliphatic hydroxyl groups excluding tert-OH is 7. The molecule has 2 fully saturated rings. The van der Waals surface area contributed by atoms with E-state index in [-0.39, 0.29) is 18.1 Å². The van der Waals surface area contributed by atoms with E-state index < -0.39 is 68.0 Å². The van der Waals surface area contributed by atoms with Crippen molar-refractivity contribution in [1.82, 2.24) is 0 Å². The van der Waals surface area contributed by atoms with Gasteiger partial charge in [-0.3, -0.25) is 0 Å². The number of aromatic hydroxyl groups is 1. The van der Waals surface area contributed by atoms with Gasteiger partial charge < -0.3 is 59.8 Å². The molecule has 182 valence electrons. The van der Waals surface area contributed by atoms with Crippen LogP contribution >= 0.6 is 0 Å². The van der Waals surface area contributed by atoms with Crippen molar-refractivity contribution in [2.45, 2.75) is 74.8 Å². The lowest BCUT2D eigenvalue weighted by Gasteiger charge is -2.42. The number of hydrogen-bond donors (Lipinski definition) is 8. The van der Waals surface area contributed by atoms with Crippen LogP contribution in [0, 0.1) is 0 Å². The summed E-state index contributed by atoms with van der Waals surface area (Å²) in [5.41, 5.74) is 0.643. The topological polar surface area (TPSA) is 199 Å². The molecule has 2 aliphatic heterocycles. The predicted octanol–water partition coefficient (Wildman–Crippen LogP) is -3.04. The van der Waals surface area contributed by atoms with Gasteiger partial charge in [0.1, 0.15) is 42.7 Å². The van der Waals surface area contributed by atoms with Crippen molar-refractivity contribution in [3.63, 3.8) is 0 Å². The molecule has 0 spiro atoms. The van der Waals surface area contributed by atoms with E-state index in [2.05, 4.69) is 0 Å². The maximum absolute atomic E-state index is 10.3. The second-order valence-corrected chi connectivity index (χ2v) is 7.92. The molecule has 0 aromatic heterocycles. The van der Waals surface area contributed by atoms with E-state index in [1.165, 1.54) is 19.1 Å². The van der Waals surface area contributed by atoms with Gasteiger partial charge in [-0.05, 0) is 31.0 Å². The van der Waals surface area contributed by atoms with Crippen LogP contribution in [0.2, 0.25) is 0 Å². The summed E-state index contributed by atoms with van der Waals surface area (Å²) in [4.78, 5) is 0. The van der Waals surface area contributed by atoms with E-state index in [9.17, 15) is 35.7 Å². The molecule has 0 amide bonds. The van der Waals surface area contributed by atoms with E-state index >= 15 is 0 Å². The minimum Gasteiger partial charge on any atom is -0.504 e. The summed E-state index contributed by atoms with van der Waals surface area (Å²) in [6.07, 6.45) is -14.0. The number of phenolic OH excluding ortho intramolecular Hbond substituents is 1. The van der Waals surface area contributed by atoms with Crippen molar-refractivity contribution in [3.05, 3.63) is 23.8 Å². The maximum Gasteiger partial charge on any atom is 0.229 e. The molecule has 0 saturated carbocycles. The SMILES string of the molecule is CC1OC(OCC2OC(Oc3cc(CCO)ccc3O)C(O)C(O)C2O)C(O)C(O)C1O. The molecular weight excluding hydrogens is 432 g/mol. The van der Waals surface area contributed by atoms with Crippen LogP contribution in [0.1, 0.15) is 12.5 Å². The van der Waals surface area contributed by atoms with Gasteiger partial charge in [0.15, 0.2) is 17.8 Å². The van der Waals surface area contributed by atoms with Crippen molar-refractivity contribution in [2.75, 3.05) is 13.2 Å². The smallest absolute Gasteiger partial charge is 0.229 e. The Morgan fingerprint density at radius 2 is 1.50 bits per heavy atom. The van der Waals surface area contributed by atoms with Crippen LogP contribution in [0.15, 0.2) is 18.2 Å². The summed E-state index contributed by atoms with van der Waals surface area (Å²) in [6.45, 7) is 0.915. The molecule has 0 bridgehead atoms. The summed E-state index contributed by atoms with van der Waals surface area (Å²) in [7, 11) is 0.